The number of hydrogen-bond acceptors (Lipinski definition) is 3. The predicted molar refractivity (Wildman–Crippen MR) is 79.9 cm³/mol. The molecule has 0 saturated carbocycles. The molecule has 19 heavy (non-hydrogen) atoms. The summed E-state index contributed by atoms with van der Waals surface area (Å²) in [5, 5.41) is 3.37. The fourth-order valence-electron chi connectivity index (χ4n) is 2.59. The summed E-state index contributed by atoms with van der Waals surface area (Å²) in [5.41, 5.74) is 2.48. The van der Waals surface area contributed by atoms with Gasteiger partial charge in [0.2, 0.25) is 0 Å². The quantitative estimate of drug-likeness (QED) is 0.822. The van der Waals surface area contributed by atoms with Gasteiger partial charge in [0.1, 0.15) is 5.75 Å². The molecule has 2 atom stereocenters. The Kier molecular flexibility index (Phi) is 6.32. The molecule has 0 heterocycles. The van der Waals surface area contributed by atoms with Crippen LogP contribution in [0, 0.1) is 12.8 Å². The van der Waals surface area contributed by atoms with Crippen molar-refractivity contribution in [2.45, 2.75) is 39.3 Å². The summed E-state index contributed by atoms with van der Waals surface area (Å²) in [5.74, 6) is 1.42. The molecule has 0 aliphatic carbocycles. The number of aryl methyl sites for hydroxylation is 1. The van der Waals surface area contributed by atoms with E-state index in [-0.39, 0.29) is 12.1 Å². The summed E-state index contributed by atoms with van der Waals surface area (Å²) in [7, 11) is 5.49. The average Bonchev–Trinajstić information content (AvgIpc) is 2.38. The fraction of sp³-hybridized carbons (Fsp3) is 0.625. The maximum Gasteiger partial charge on any atom is 0.122 e. The highest BCUT2D eigenvalue weighted by atomic mass is 16.5. The second-order valence-corrected chi connectivity index (χ2v) is 5.36. The van der Waals surface area contributed by atoms with Gasteiger partial charge in [-0.1, -0.05) is 31.5 Å². The van der Waals surface area contributed by atoms with Gasteiger partial charge in [-0.05, 0) is 37.9 Å². The van der Waals surface area contributed by atoms with Crippen LogP contribution in [-0.4, -0.2) is 33.4 Å². The molecule has 0 radical (unpaired) electrons. The van der Waals surface area contributed by atoms with E-state index in [0.717, 1.165) is 12.2 Å². The molecule has 3 nitrogen and oxygen atoms in total. The van der Waals surface area contributed by atoms with Crippen LogP contribution in [-0.2, 0) is 11.2 Å². The molecule has 1 N–H and O–H groups in total. The lowest BCUT2D eigenvalue weighted by atomic mass is 9.93. The molecule has 0 aliphatic rings. The Morgan fingerprint density at radius 3 is 2.37 bits per heavy atom. The molecule has 3 heteroatoms. The minimum absolute atomic E-state index is 0.190. The average molecular weight is 265 g/mol. The van der Waals surface area contributed by atoms with Crippen molar-refractivity contribution in [2.75, 3.05) is 21.3 Å². The molecule has 1 aromatic carbocycles. The summed E-state index contributed by atoms with van der Waals surface area (Å²) in [4.78, 5) is 0. The largest absolute Gasteiger partial charge is 0.496 e. The third kappa shape index (κ3) is 4.22. The zero-order chi connectivity index (χ0) is 14.4. The minimum atomic E-state index is 0.190. The van der Waals surface area contributed by atoms with Crippen LogP contribution in [0.2, 0.25) is 0 Å². The van der Waals surface area contributed by atoms with Crippen molar-refractivity contribution in [1.29, 1.82) is 0 Å². The lowest BCUT2D eigenvalue weighted by molar-refractivity contribution is 0.0352. The first-order valence-electron chi connectivity index (χ1n) is 6.87. The van der Waals surface area contributed by atoms with Crippen LogP contribution < -0.4 is 10.1 Å². The molecule has 0 fully saturated rings. The van der Waals surface area contributed by atoms with Crippen LogP contribution in [0.15, 0.2) is 18.2 Å². The third-order valence-electron chi connectivity index (χ3n) is 3.57. The van der Waals surface area contributed by atoms with E-state index in [1.165, 1.54) is 11.1 Å². The number of nitrogens with one attached hydrogen (secondary N) is 1. The Hall–Kier alpha value is -1.06. The van der Waals surface area contributed by atoms with E-state index in [1.807, 2.05) is 13.1 Å². The van der Waals surface area contributed by atoms with Gasteiger partial charge in [-0.15, -0.1) is 0 Å². The lowest BCUT2D eigenvalue weighted by Gasteiger charge is -2.29. The Bertz CT molecular complexity index is 390. The van der Waals surface area contributed by atoms with Gasteiger partial charge >= 0.3 is 0 Å². The molecule has 2 unspecified atom stereocenters. The van der Waals surface area contributed by atoms with E-state index < -0.39 is 0 Å². The van der Waals surface area contributed by atoms with Crippen LogP contribution in [0.3, 0.4) is 0 Å². The zero-order valence-corrected chi connectivity index (χ0v) is 13.0. The van der Waals surface area contributed by atoms with Crippen molar-refractivity contribution in [3.8, 4) is 5.75 Å². The first kappa shape index (κ1) is 16.0. The van der Waals surface area contributed by atoms with Gasteiger partial charge in [-0.3, -0.25) is 0 Å². The molecule has 0 aromatic heterocycles. The molecule has 0 aliphatic heterocycles. The van der Waals surface area contributed by atoms with E-state index in [9.17, 15) is 0 Å². The van der Waals surface area contributed by atoms with Gasteiger partial charge in [0.15, 0.2) is 0 Å². The number of rotatable bonds is 7. The standard InChI is InChI=1S/C16H27NO2/c1-11(2)16(19-6)14(17-4)10-13-9-12(3)7-8-15(13)18-5/h7-9,11,14,16-17H,10H2,1-6H3. The van der Waals surface area contributed by atoms with Gasteiger partial charge in [0, 0.05) is 13.2 Å². The number of hydrogen-bond donors (Lipinski definition) is 1. The van der Waals surface area contributed by atoms with Crippen LogP contribution in [0.25, 0.3) is 0 Å². The first-order valence-corrected chi connectivity index (χ1v) is 6.87. The topological polar surface area (TPSA) is 30.5 Å². The van der Waals surface area contributed by atoms with Crippen molar-refractivity contribution in [3.05, 3.63) is 29.3 Å². The Labute approximate surface area is 117 Å². The van der Waals surface area contributed by atoms with Crippen LogP contribution >= 0.6 is 0 Å². The second-order valence-electron chi connectivity index (χ2n) is 5.36. The van der Waals surface area contributed by atoms with Gasteiger partial charge < -0.3 is 14.8 Å². The maximum absolute atomic E-state index is 5.64. The molecule has 108 valence electrons. The van der Waals surface area contributed by atoms with Crippen molar-refractivity contribution >= 4 is 0 Å². The van der Waals surface area contributed by atoms with Crippen LogP contribution in [0.5, 0.6) is 5.75 Å². The van der Waals surface area contributed by atoms with Crippen molar-refractivity contribution in [2.24, 2.45) is 5.92 Å². The summed E-state index contributed by atoms with van der Waals surface area (Å²) in [6, 6.07) is 6.58. The molecule has 0 amide bonds. The number of likely N-dealkylation sites (N-methyl/N-ethyl adjacent to an activating group) is 1. The smallest absolute Gasteiger partial charge is 0.122 e. The number of ether oxygens (including phenoxy) is 2. The lowest BCUT2D eigenvalue weighted by Crippen LogP contribution is -2.43. The third-order valence-corrected chi connectivity index (χ3v) is 3.57. The maximum atomic E-state index is 5.64. The molecule has 1 aromatic rings. The summed E-state index contributed by atoms with van der Waals surface area (Å²) >= 11 is 0. The normalized spacial score (nSPS) is 14.5. The Morgan fingerprint density at radius 2 is 1.89 bits per heavy atom. The van der Waals surface area contributed by atoms with Crippen LogP contribution in [0.4, 0.5) is 0 Å². The minimum Gasteiger partial charge on any atom is -0.496 e. The van der Waals surface area contributed by atoms with E-state index >= 15 is 0 Å². The molecule has 0 spiro atoms. The van der Waals surface area contributed by atoms with Gasteiger partial charge in [-0.25, -0.2) is 0 Å². The van der Waals surface area contributed by atoms with Gasteiger partial charge in [0.05, 0.1) is 13.2 Å². The monoisotopic (exact) mass is 265 g/mol. The van der Waals surface area contributed by atoms with E-state index in [2.05, 4.69) is 38.2 Å². The molecule has 1 rings (SSSR count). The fourth-order valence-corrected chi connectivity index (χ4v) is 2.59. The van der Waals surface area contributed by atoms with Crippen molar-refractivity contribution in [3.63, 3.8) is 0 Å². The number of methoxy groups -OCH3 is 2. The second kappa shape index (κ2) is 7.51. The summed E-state index contributed by atoms with van der Waals surface area (Å²) < 4.78 is 11.1. The van der Waals surface area contributed by atoms with E-state index in [1.54, 1.807) is 14.2 Å². The highest BCUT2D eigenvalue weighted by molar-refractivity contribution is 5.37. The molecule has 0 saturated heterocycles. The molecular weight excluding hydrogens is 238 g/mol. The Morgan fingerprint density at radius 1 is 1.21 bits per heavy atom. The van der Waals surface area contributed by atoms with Gasteiger partial charge in [0.25, 0.3) is 0 Å². The summed E-state index contributed by atoms with van der Waals surface area (Å²) in [6.45, 7) is 6.48. The highest BCUT2D eigenvalue weighted by Gasteiger charge is 2.24. The number of benzene rings is 1. The van der Waals surface area contributed by atoms with E-state index in [4.69, 9.17) is 9.47 Å². The molecular formula is C16H27NO2. The van der Waals surface area contributed by atoms with Gasteiger partial charge in [-0.2, -0.15) is 0 Å². The Balaban J connectivity index is 2.94. The van der Waals surface area contributed by atoms with Crippen molar-refractivity contribution in [1.82, 2.24) is 5.32 Å². The zero-order valence-electron chi connectivity index (χ0n) is 13.0. The van der Waals surface area contributed by atoms with Crippen LogP contribution in [0.1, 0.15) is 25.0 Å². The highest BCUT2D eigenvalue weighted by Crippen LogP contribution is 2.23. The predicted octanol–water partition coefficient (Wildman–Crippen LogP) is 2.81. The first-order chi connectivity index (χ1) is 9.03. The van der Waals surface area contributed by atoms with E-state index in [0.29, 0.717) is 5.92 Å². The van der Waals surface area contributed by atoms with Crippen molar-refractivity contribution < 1.29 is 9.47 Å². The molecule has 0 bridgehead atoms. The SMILES string of the molecule is CNC(Cc1cc(C)ccc1OC)C(OC)C(C)C. The summed E-state index contributed by atoms with van der Waals surface area (Å²) in [6.07, 6.45) is 1.09.